The first-order chi connectivity index (χ1) is 9.48. The number of alkyl halides is 6. The van der Waals surface area contributed by atoms with Crippen LogP contribution >= 0.6 is 15.9 Å². The third-order valence-corrected chi connectivity index (χ3v) is 3.11. The van der Waals surface area contributed by atoms with Crippen LogP contribution in [0.3, 0.4) is 0 Å². The highest BCUT2D eigenvalue weighted by Gasteiger charge is 2.46. The molecule has 0 bridgehead atoms. The second kappa shape index (κ2) is 6.25. The summed E-state index contributed by atoms with van der Waals surface area (Å²) in [4.78, 5) is 11.3. The Morgan fingerprint density at radius 2 is 1.62 bits per heavy atom. The lowest BCUT2D eigenvalue weighted by molar-refractivity contribution is -0.163. The maximum absolute atomic E-state index is 13.0. The van der Waals surface area contributed by atoms with Gasteiger partial charge in [-0.15, -0.1) is 0 Å². The van der Waals surface area contributed by atoms with Gasteiger partial charge in [0.1, 0.15) is 0 Å². The summed E-state index contributed by atoms with van der Waals surface area (Å²) in [6.07, 6.45) is -11.4. The van der Waals surface area contributed by atoms with Crippen molar-refractivity contribution >= 4 is 21.9 Å². The number of hydrogen-bond acceptors (Lipinski definition) is 2. The van der Waals surface area contributed by atoms with Gasteiger partial charge in [-0.2, -0.15) is 26.3 Å². The Kier molecular flexibility index (Phi) is 5.30. The molecule has 0 aliphatic heterocycles. The van der Waals surface area contributed by atoms with Crippen molar-refractivity contribution in [2.24, 2.45) is 0 Å². The van der Waals surface area contributed by atoms with Gasteiger partial charge < -0.3 is 4.74 Å². The molecule has 0 atom stereocenters. The van der Waals surface area contributed by atoms with Crippen LogP contribution in [0.5, 0.6) is 0 Å². The molecule has 0 unspecified atom stereocenters. The Hall–Kier alpha value is -1.25. The Labute approximate surface area is 124 Å². The van der Waals surface area contributed by atoms with E-state index in [1.807, 2.05) is 0 Å². The summed E-state index contributed by atoms with van der Waals surface area (Å²) in [6.45, 7) is 1.36. The summed E-state index contributed by atoms with van der Waals surface area (Å²) in [5.74, 6) is -1.03. The van der Waals surface area contributed by atoms with Crippen molar-refractivity contribution in [3.8, 4) is 0 Å². The molecule has 2 nitrogen and oxygen atoms in total. The second-order valence-electron chi connectivity index (χ2n) is 3.93. The molecule has 0 aliphatic rings. The van der Waals surface area contributed by atoms with Gasteiger partial charge in [-0.05, 0) is 18.6 Å². The van der Waals surface area contributed by atoms with Gasteiger partial charge in [-0.25, -0.2) is 0 Å². The van der Waals surface area contributed by atoms with Crippen molar-refractivity contribution in [2.75, 3.05) is 6.61 Å². The maximum atomic E-state index is 13.0. The predicted molar refractivity (Wildman–Crippen MR) is 64.5 cm³/mol. The largest absolute Gasteiger partial charge is 0.466 e. The van der Waals surface area contributed by atoms with Crippen LogP contribution in [-0.4, -0.2) is 12.6 Å². The molecule has 0 spiro atoms. The molecule has 0 amide bonds. The predicted octanol–water partition coefficient (Wildman–Crippen LogP) is 4.59. The van der Waals surface area contributed by atoms with Crippen LogP contribution in [0, 0.1) is 0 Å². The van der Waals surface area contributed by atoms with E-state index >= 15 is 0 Å². The molecule has 0 N–H and O–H groups in total. The third kappa shape index (κ3) is 4.36. The molecule has 0 fully saturated rings. The Balaban J connectivity index is 3.49. The molecule has 9 heteroatoms. The fourth-order valence-corrected chi connectivity index (χ4v) is 2.29. The molecule has 1 aromatic rings. The third-order valence-electron chi connectivity index (χ3n) is 2.45. The lowest BCUT2D eigenvalue weighted by Gasteiger charge is -2.20. The van der Waals surface area contributed by atoms with E-state index in [0.29, 0.717) is 0 Å². The average Bonchev–Trinajstić information content (AvgIpc) is 2.28. The van der Waals surface area contributed by atoms with Crippen LogP contribution < -0.4 is 0 Å². The van der Waals surface area contributed by atoms with Crippen LogP contribution in [0.1, 0.15) is 23.6 Å². The molecule has 0 heterocycles. The van der Waals surface area contributed by atoms with Crippen molar-refractivity contribution in [1.29, 1.82) is 0 Å². The smallest absolute Gasteiger partial charge is 0.418 e. The van der Waals surface area contributed by atoms with Crippen LogP contribution in [0.15, 0.2) is 16.6 Å². The minimum atomic E-state index is -5.25. The number of esters is 1. The number of hydrogen-bond donors (Lipinski definition) is 0. The standard InChI is InChI=1S/C12H9BrF6O2/c1-2-21-8(20)5-6-3-4-7(13)10(12(17,18)19)9(6)11(14,15)16/h3-4H,2,5H2,1H3. The van der Waals surface area contributed by atoms with Crippen molar-refractivity contribution in [3.63, 3.8) is 0 Å². The summed E-state index contributed by atoms with van der Waals surface area (Å²) < 4.78 is 81.3. The first-order valence-corrected chi connectivity index (χ1v) is 6.39. The second-order valence-corrected chi connectivity index (χ2v) is 4.79. The molecule has 0 radical (unpaired) electrons. The molecule has 0 saturated heterocycles. The molecule has 0 aromatic heterocycles. The van der Waals surface area contributed by atoms with Gasteiger partial charge in [0.25, 0.3) is 0 Å². The molecule has 118 valence electrons. The normalized spacial score (nSPS) is 12.4. The van der Waals surface area contributed by atoms with Crippen LogP contribution in [0.25, 0.3) is 0 Å². The van der Waals surface area contributed by atoms with E-state index in [4.69, 9.17) is 0 Å². The number of carbonyl (C=O) groups excluding carboxylic acids is 1. The molecule has 0 aliphatic carbocycles. The molecule has 1 aromatic carbocycles. The van der Waals surface area contributed by atoms with Crippen LogP contribution in [0.2, 0.25) is 0 Å². The number of carbonyl (C=O) groups is 1. The molecular weight excluding hydrogens is 370 g/mol. The van der Waals surface area contributed by atoms with Gasteiger partial charge in [0.05, 0.1) is 24.2 Å². The highest BCUT2D eigenvalue weighted by Crippen LogP contribution is 2.45. The highest BCUT2D eigenvalue weighted by molar-refractivity contribution is 9.10. The maximum Gasteiger partial charge on any atom is 0.418 e. The van der Waals surface area contributed by atoms with E-state index in [9.17, 15) is 31.1 Å². The number of halogens is 7. The zero-order valence-electron chi connectivity index (χ0n) is 10.5. The van der Waals surface area contributed by atoms with Crippen molar-refractivity contribution in [2.45, 2.75) is 25.7 Å². The highest BCUT2D eigenvalue weighted by atomic mass is 79.9. The Morgan fingerprint density at radius 1 is 1.10 bits per heavy atom. The first kappa shape index (κ1) is 17.8. The van der Waals surface area contributed by atoms with E-state index in [-0.39, 0.29) is 6.61 Å². The van der Waals surface area contributed by atoms with Crippen molar-refractivity contribution in [1.82, 2.24) is 0 Å². The van der Waals surface area contributed by atoms with Gasteiger partial charge >= 0.3 is 18.3 Å². The SMILES string of the molecule is CCOC(=O)Cc1ccc(Br)c(C(F)(F)F)c1C(F)(F)F. The first-order valence-electron chi connectivity index (χ1n) is 5.59. The van der Waals surface area contributed by atoms with Crippen LogP contribution in [0.4, 0.5) is 26.3 Å². The van der Waals surface area contributed by atoms with Gasteiger partial charge in [-0.3, -0.25) is 4.79 Å². The summed E-state index contributed by atoms with van der Waals surface area (Å²) in [7, 11) is 0. The van der Waals surface area contributed by atoms with Gasteiger partial charge in [0.15, 0.2) is 0 Å². The topological polar surface area (TPSA) is 26.3 Å². The summed E-state index contributed by atoms with van der Waals surface area (Å²) >= 11 is 2.47. The van der Waals surface area contributed by atoms with Crippen molar-refractivity contribution in [3.05, 3.63) is 33.3 Å². The lowest BCUT2D eigenvalue weighted by Crippen LogP contribution is -2.21. The zero-order chi connectivity index (χ0) is 16.4. The number of benzene rings is 1. The van der Waals surface area contributed by atoms with E-state index in [1.54, 1.807) is 0 Å². The van der Waals surface area contributed by atoms with Crippen LogP contribution in [-0.2, 0) is 28.3 Å². The Bertz CT molecular complexity index is 536. The van der Waals surface area contributed by atoms with Crippen molar-refractivity contribution < 1.29 is 35.9 Å². The van der Waals surface area contributed by atoms with Gasteiger partial charge in [0.2, 0.25) is 0 Å². The quantitative estimate of drug-likeness (QED) is 0.567. The zero-order valence-corrected chi connectivity index (χ0v) is 12.1. The molecule has 0 saturated carbocycles. The van der Waals surface area contributed by atoms with E-state index < -0.39 is 45.9 Å². The lowest BCUT2D eigenvalue weighted by atomic mass is 9.97. The summed E-state index contributed by atoms with van der Waals surface area (Å²) in [6, 6.07) is 1.64. The minimum absolute atomic E-state index is 0.0805. The fourth-order valence-electron chi connectivity index (χ4n) is 1.74. The van der Waals surface area contributed by atoms with E-state index in [0.717, 1.165) is 12.1 Å². The summed E-state index contributed by atoms with van der Waals surface area (Å²) in [5.41, 5.74) is -4.51. The molecular formula is C12H9BrF6O2. The van der Waals surface area contributed by atoms with Gasteiger partial charge in [0, 0.05) is 4.47 Å². The summed E-state index contributed by atoms with van der Waals surface area (Å²) in [5, 5.41) is 0. The Morgan fingerprint density at radius 3 is 2.05 bits per heavy atom. The van der Waals surface area contributed by atoms with E-state index in [2.05, 4.69) is 20.7 Å². The molecule has 1 rings (SSSR count). The number of ether oxygens (including phenoxy) is 1. The average molecular weight is 379 g/mol. The van der Waals surface area contributed by atoms with Gasteiger partial charge in [-0.1, -0.05) is 22.0 Å². The fraction of sp³-hybridized carbons (Fsp3) is 0.417. The monoisotopic (exact) mass is 378 g/mol. The minimum Gasteiger partial charge on any atom is -0.466 e. The van der Waals surface area contributed by atoms with E-state index in [1.165, 1.54) is 6.92 Å². The molecule has 21 heavy (non-hydrogen) atoms. The number of rotatable bonds is 3.